The molecule has 0 saturated carbocycles. The van der Waals surface area contributed by atoms with Crippen LogP contribution in [0, 0.1) is 0 Å². The standard InChI is InChI=1S/C22H16O5/c23-15-8-6-13(7-9-15)17-12-19(24)27-18-11-10-16(22(26)20(17)18)21(25)14-4-2-1-3-5-14/h1-11,17,23,26H,12H2/t17-/m0/s1. The Kier molecular flexibility index (Phi) is 4.12. The number of fused-ring (bicyclic) bond motifs is 1. The van der Waals surface area contributed by atoms with E-state index in [0.717, 1.165) is 5.56 Å². The minimum absolute atomic E-state index is 0.0360. The zero-order valence-corrected chi connectivity index (χ0v) is 14.3. The summed E-state index contributed by atoms with van der Waals surface area (Å²) in [5.74, 6) is -1.03. The van der Waals surface area contributed by atoms with Crippen molar-refractivity contribution in [3.63, 3.8) is 0 Å². The monoisotopic (exact) mass is 360 g/mol. The van der Waals surface area contributed by atoms with Crippen molar-refractivity contribution in [2.45, 2.75) is 12.3 Å². The summed E-state index contributed by atoms with van der Waals surface area (Å²) in [7, 11) is 0. The maximum absolute atomic E-state index is 12.8. The number of carbonyl (C=O) groups is 2. The molecule has 2 N–H and O–H groups in total. The zero-order valence-electron chi connectivity index (χ0n) is 14.3. The van der Waals surface area contributed by atoms with E-state index < -0.39 is 11.9 Å². The fourth-order valence-corrected chi connectivity index (χ4v) is 3.37. The third-order valence-electron chi connectivity index (χ3n) is 4.70. The van der Waals surface area contributed by atoms with Gasteiger partial charge in [0.15, 0.2) is 5.78 Å². The molecular weight excluding hydrogens is 344 g/mol. The third-order valence-corrected chi connectivity index (χ3v) is 4.70. The van der Waals surface area contributed by atoms with Crippen LogP contribution in [0.25, 0.3) is 0 Å². The molecule has 134 valence electrons. The van der Waals surface area contributed by atoms with E-state index in [1.54, 1.807) is 36.4 Å². The Morgan fingerprint density at radius 1 is 0.926 bits per heavy atom. The quantitative estimate of drug-likeness (QED) is 0.422. The molecule has 5 nitrogen and oxygen atoms in total. The second-order valence-electron chi connectivity index (χ2n) is 6.39. The van der Waals surface area contributed by atoms with Gasteiger partial charge in [-0.2, -0.15) is 0 Å². The van der Waals surface area contributed by atoms with Gasteiger partial charge in [-0.25, -0.2) is 0 Å². The number of rotatable bonds is 3. The molecule has 1 heterocycles. The number of carbonyl (C=O) groups excluding carboxylic acids is 2. The van der Waals surface area contributed by atoms with Gasteiger partial charge >= 0.3 is 5.97 Å². The van der Waals surface area contributed by atoms with E-state index in [4.69, 9.17) is 4.74 Å². The van der Waals surface area contributed by atoms with Crippen molar-refractivity contribution in [2.24, 2.45) is 0 Å². The predicted octanol–water partition coefficient (Wildman–Crippen LogP) is 3.77. The number of hydrogen-bond acceptors (Lipinski definition) is 5. The number of phenols is 2. The van der Waals surface area contributed by atoms with E-state index in [9.17, 15) is 19.8 Å². The molecule has 3 aromatic rings. The van der Waals surface area contributed by atoms with Crippen molar-refractivity contribution in [3.8, 4) is 17.2 Å². The number of ether oxygens (including phenoxy) is 1. The Balaban J connectivity index is 1.84. The van der Waals surface area contributed by atoms with Gasteiger partial charge in [0.05, 0.1) is 12.0 Å². The first-order chi connectivity index (χ1) is 13.0. The highest BCUT2D eigenvalue weighted by Crippen LogP contribution is 2.45. The van der Waals surface area contributed by atoms with Gasteiger partial charge in [-0.3, -0.25) is 9.59 Å². The zero-order chi connectivity index (χ0) is 19.0. The number of ketones is 1. The number of esters is 1. The van der Waals surface area contributed by atoms with E-state index in [1.807, 2.05) is 6.07 Å². The van der Waals surface area contributed by atoms with Crippen LogP contribution in [0.5, 0.6) is 17.2 Å². The highest BCUT2D eigenvalue weighted by Gasteiger charge is 2.33. The molecule has 0 spiro atoms. The smallest absolute Gasteiger partial charge is 0.312 e. The van der Waals surface area contributed by atoms with Gasteiger partial charge in [0, 0.05) is 17.0 Å². The number of phenolic OH excluding ortho intramolecular Hbond substituents is 2. The first-order valence-corrected chi connectivity index (χ1v) is 8.50. The SMILES string of the molecule is O=C1C[C@@H](c2ccc(O)cc2)c2c(ccc(C(=O)c3ccccc3)c2O)O1. The number of benzene rings is 3. The first kappa shape index (κ1) is 16.8. The fourth-order valence-electron chi connectivity index (χ4n) is 3.37. The Hall–Kier alpha value is -3.60. The summed E-state index contributed by atoms with van der Waals surface area (Å²) in [5.41, 5.74) is 1.76. The number of aromatic hydroxyl groups is 2. The molecule has 1 aliphatic rings. The fraction of sp³-hybridized carbons (Fsp3) is 0.0909. The molecule has 1 atom stereocenters. The summed E-state index contributed by atoms with van der Waals surface area (Å²) in [5, 5.41) is 20.4. The van der Waals surface area contributed by atoms with Gasteiger partial charge in [0.1, 0.15) is 17.2 Å². The minimum atomic E-state index is -0.467. The Labute approximate surface area is 155 Å². The molecule has 3 aromatic carbocycles. The molecule has 0 aromatic heterocycles. The number of hydrogen-bond donors (Lipinski definition) is 2. The van der Waals surface area contributed by atoms with E-state index in [0.29, 0.717) is 11.1 Å². The lowest BCUT2D eigenvalue weighted by Crippen LogP contribution is -2.21. The first-order valence-electron chi connectivity index (χ1n) is 8.50. The second kappa shape index (κ2) is 6.61. The highest BCUT2D eigenvalue weighted by atomic mass is 16.5. The van der Waals surface area contributed by atoms with Gasteiger partial charge < -0.3 is 14.9 Å². The Morgan fingerprint density at radius 3 is 2.33 bits per heavy atom. The molecule has 0 fully saturated rings. The summed E-state index contributed by atoms with van der Waals surface area (Å²) in [6.07, 6.45) is 0.0360. The van der Waals surface area contributed by atoms with Gasteiger partial charge in [-0.15, -0.1) is 0 Å². The van der Waals surface area contributed by atoms with Crippen molar-refractivity contribution in [2.75, 3.05) is 0 Å². The van der Waals surface area contributed by atoms with Crippen LogP contribution in [0.15, 0.2) is 66.7 Å². The Morgan fingerprint density at radius 2 is 1.63 bits per heavy atom. The molecule has 1 aliphatic heterocycles. The van der Waals surface area contributed by atoms with Crippen molar-refractivity contribution in [1.29, 1.82) is 0 Å². The van der Waals surface area contributed by atoms with E-state index in [2.05, 4.69) is 0 Å². The largest absolute Gasteiger partial charge is 0.508 e. The maximum atomic E-state index is 12.8. The molecule has 0 aliphatic carbocycles. The van der Waals surface area contributed by atoms with Crippen molar-refractivity contribution in [3.05, 3.63) is 89.0 Å². The summed E-state index contributed by atoms with van der Waals surface area (Å²) in [6, 6.07) is 18.1. The van der Waals surface area contributed by atoms with E-state index in [-0.39, 0.29) is 35.0 Å². The molecule has 4 rings (SSSR count). The molecule has 5 heteroatoms. The molecular formula is C22H16O5. The second-order valence-corrected chi connectivity index (χ2v) is 6.39. The lowest BCUT2D eigenvalue weighted by molar-refractivity contribution is -0.135. The molecule has 0 saturated heterocycles. The van der Waals surface area contributed by atoms with Crippen molar-refractivity contribution >= 4 is 11.8 Å². The molecule has 0 amide bonds. The summed E-state index contributed by atoms with van der Waals surface area (Å²) < 4.78 is 5.27. The third kappa shape index (κ3) is 3.04. The maximum Gasteiger partial charge on any atom is 0.312 e. The average molecular weight is 360 g/mol. The van der Waals surface area contributed by atoms with E-state index >= 15 is 0 Å². The van der Waals surface area contributed by atoms with Gasteiger partial charge in [0.25, 0.3) is 0 Å². The van der Waals surface area contributed by atoms with Crippen LogP contribution >= 0.6 is 0 Å². The van der Waals surface area contributed by atoms with Gasteiger partial charge in [-0.1, -0.05) is 42.5 Å². The van der Waals surface area contributed by atoms with Crippen LogP contribution in [0.2, 0.25) is 0 Å². The lowest BCUT2D eigenvalue weighted by Gasteiger charge is -2.26. The molecule has 0 radical (unpaired) electrons. The van der Waals surface area contributed by atoms with Crippen LogP contribution in [0.4, 0.5) is 0 Å². The lowest BCUT2D eigenvalue weighted by atomic mass is 9.84. The van der Waals surface area contributed by atoms with Crippen LogP contribution in [0.1, 0.15) is 39.4 Å². The van der Waals surface area contributed by atoms with Crippen LogP contribution in [-0.4, -0.2) is 22.0 Å². The highest BCUT2D eigenvalue weighted by molar-refractivity contribution is 6.11. The summed E-state index contributed by atoms with van der Waals surface area (Å²) in [4.78, 5) is 24.8. The summed E-state index contributed by atoms with van der Waals surface area (Å²) >= 11 is 0. The van der Waals surface area contributed by atoms with Crippen molar-refractivity contribution in [1.82, 2.24) is 0 Å². The molecule has 0 unspecified atom stereocenters. The molecule has 27 heavy (non-hydrogen) atoms. The molecule has 0 bridgehead atoms. The van der Waals surface area contributed by atoms with Crippen LogP contribution < -0.4 is 4.74 Å². The normalized spacial score (nSPS) is 15.7. The summed E-state index contributed by atoms with van der Waals surface area (Å²) in [6.45, 7) is 0. The topological polar surface area (TPSA) is 83.8 Å². The average Bonchev–Trinajstić information content (AvgIpc) is 2.68. The van der Waals surface area contributed by atoms with Crippen LogP contribution in [0.3, 0.4) is 0 Å². The van der Waals surface area contributed by atoms with Gasteiger partial charge in [-0.05, 0) is 29.8 Å². The predicted molar refractivity (Wildman–Crippen MR) is 98.2 cm³/mol. The van der Waals surface area contributed by atoms with Gasteiger partial charge in [0.2, 0.25) is 0 Å². The Bertz CT molecular complexity index is 1020. The minimum Gasteiger partial charge on any atom is -0.508 e. The van der Waals surface area contributed by atoms with E-state index in [1.165, 1.54) is 24.3 Å². The van der Waals surface area contributed by atoms with Crippen LogP contribution in [-0.2, 0) is 4.79 Å². The van der Waals surface area contributed by atoms with Crippen molar-refractivity contribution < 1.29 is 24.5 Å².